The van der Waals surface area contributed by atoms with E-state index in [4.69, 9.17) is 10.5 Å². The minimum absolute atomic E-state index is 0.0544. The number of alkyl halides is 3. The molecule has 2 amide bonds. The molecule has 6 nitrogen and oxygen atoms in total. The molecule has 0 unspecified atom stereocenters. The molecule has 178 valence electrons. The van der Waals surface area contributed by atoms with E-state index >= 15 is 0 Å². The lowest BCUT2D eigenvalue weighted by Crippen LogP contribution is -2.37. The maximum atomic E-state index is 14.3. The molecule has 3 N–H and O–H groups in total. The molecule has 1 aliphatic rings. The van der Waals surface area contributed by atoms with Crippen LogP contribution >= 0.6 is 11.8 Å². The Morgan fingerprint density at radius 1 is 1.27 bits per heavy atom. The number of hydrogen-bond donors (Lipinski definition) is 2. The number of amides is 2. The molecule has 0 saturated carbocycles. The lowest BCUT2D eigenvalue weighted by molar-refractivity contribution is -0.155. The summed E-state index contributed by atoms with van der Waals surface area (Å²) in [6.45, 7) is 2.42. The second-order valence-corrected chi connectivity index (χ2v) is 9.39. The molecule has 33 heavy (non-hydrogen) atoms. The average molecular weight is 489 g/mol. The van der Waals surface area contributed by atoms with Gasteiger partial charge in [0.15, 0.2) is 11.6 Å². The number of anilines is 1. The van der Waals surface area contributed by atoms with E-state index in [2.05, 4.69) is 10.3 Å². The lowest BCUT2D eigenvalue weighted by Gasteiger charge is -2.26. The maximum Gasteiger partial charge on any atom is 0.403 e. The van der Waals surface area contributed by atoms with Crippen LogP contribution in [0.25, 0.3) is 0 Å². The van der Waals surface area contributed by atoms with Gasteiger partial charge in [-0.25, -0.2) is 4.39 Å². The fraction of sp³-hybridized carbons (Fsp3) is 0.381. The Hall–Kier alpha value is -2.89. The van der Waals surface area contributed by atoms with Crippen LogP contribution in [0.5, 0.6) is 5.75 Å². The molecule has 0 bridgehead atoms. The van der Waals surface area contributed by atoms with Crippen LogP contribution in [0.15, 0.2) is 24.4 Å². The van der Waals surface area contributed by atoms with E-state index in [0.717, 1.165) is 26.2 Å². The Kier molecular flexibility index (Phi) is 6.60. The zero-order valence-electron chi connectivity index (χ0n) is 17.7. The van der Waals surface area contributed by atoms with Crippen LogP contribution in [0.3, 0.4) is 0 Å². The summed E-state index contributed by atoms with van der Waals surface area (Å²) < 4.78 is 72.2. The Bertz CT molecular complexity index is 1110. The van der Waals surface area contributed by atoms with Gasteiger partial charge in [-0.05, 0) is 32.4 Å². The quantitative estimate of drug-likeness (QED) is 0.610. The normalized spacial score (nSPS) is 22.8. The summed E-state index contributed by atoms with van der Waals surface area (Å²) in [5.41, 5.74) is 5.47. The molecule has 0 aliphatic carbocycles. The van der Waals surface area contributed by atoms with Gasteiger partial charge in [-0.1, -0.05) is 6.07 Å². The van der Waals surface area contributed by atoms with Crippen LogP contribution in [-0.2, 0) is 4.79 Å². The zero-order chi connectivity index (χ0) is 24.7. The number of nitrogens with one attached hydrogen (secondary N) is 1. The molecule has 1 fully saturated rings. The van der Waals surface area contributed by atoms with Crippen LogP contribution < -0.4 is 15.8 Å². The van der Waals surface area contributed by atoms with Crippen molar-refractivity contribution in [2.24, 2.45) is 5.73 Å². The predicted molar refractivity (Wildman–Crippen MR) is 112 cm³/mol. The zero-order valence-corrected chi connectivity index (χ0v) is 18.5. The van der Waals surface area contributed by atoms with Gasteiger partial charge in [0.05, 0.1) is 12.4 Å². The highest BCUT2D eigenvalue weighted by Gasteiger charge is 2.60. The molecule has 12 heteroatoms. The van der Waals surface area contributed by atoms with Gasteiger partial charge in [-0.15, -0.1) is 11.8 Å². The summed E-state index contributed by atoms with van der Waals surface area (Å²) in [7, 11) is 1.06. The molecule has 1 aromatic heterocycles. The summed E-state index contributed by atoms with van der Waals surface area (Å²) in [4.78, 5) is 28.5. The van der Waals surface area contributed by atoms with Gasteiger partial charge in [-0.2, -0.15) is 17.6 Å². The van der Waals surface area contributed by atoms with Gasteiger partial charge in [0.2, 0.25) is 11.7 Å². The molecule has 2 aromatic rings. The van der Waals surface area contributed by atoms with Gasteiger partial charge in [0.25, 0.3) is 5.91 Å². The van der Waals surface area contributed by atoms with Gasteiger partial charge < -0.3 is 15.8 Å². The van der Waals surface area contributed by atoms with Gasteiger partial charge >= 0.3 is 6.18 Å². The average Bonchev–Trinajstić information content (AvgIpc) is 3.10. The Morgan fingerprint density at radius 2 is 1.94 bits per heavy atom. The third-order valence-corrected chi connectivity index (χ3v) is 7.31. The molecule has 1 aliphatic heterocycles. The monoisotopic (exact) mass is 489 g/mol. The molecule has 1 saturated heterocycles. The smallest absolute Gasteiger partial charge is 0.403 e. The summed E-state index contributed by atoms with van der Waals surface area (Å²) >= 11 is 0.380. The third kappa shape index (κ3) is 4.48. The Labute approximate surface area is 190 Å². The predicted octanol–water partition coefficient (Wildman–Crippen LogP) is 4.32. The van der Waals surface area contributed by atoms with Crippen molar-refractivity contribution < 1.29 is 36.3 Å². The fourth-order valence-electron chi connectivity index (χ4n) is 3.80. The molecule has 1 aromatic carbocycles. The van der Waals surface area contributed by atoms with E-state index in [1.165, 1.54) is 19.2 Å². The number of thioether (sulfide) groups is 1. The van der Waals surface area contributed by atoms with E-state index in [1.54, 1.807) is 0 Å². The van der Waals surface area contributed by atoms with Crippen LogP contribution in [0.2, 0.25) is 0 Å². The number of rotatable bonds is 5. The van der Waals surface area contributed by atoms with Crippen molar-refractivity contribution in [1.82, 2.24) is 4.98 Å². The second-order valence-electron chi connectivity index (χ2n) is 7.75. The topological polar surface area (TPSA) is 94.3 Å². The number of carbonyl (C=O) groups excluding carboxylic acids is 2. The summed E-state index contributed by atoms with van der Waals surface area (Å²) in [5, 5.41) is 1.18. The summed E-state index contributed by atoms with van der Waals surface area (Å²) in [5.74, 6) is -5.93. The van der Waals surface area contributed by atoms with E-state index in [9.17, 15) is 31.5 Å². The number of ether oxygens (including phenoxy) is 1. The number of nitrogens with two attached hydrogens (primary N) is 1. The van der Waals surface area contributed by atoms with E-state index in [1.807, 2.05) is 0 Å². The van der Waals surface area contributed by atoms with E-state index in [0.29, 0.717) is 11.8 Å². The van der Waals surface area contributed by atoms with Crippen molar-refractivity contribution in [3.05, 3.63) is 52.9 Å². The first kappa shape index (κ1) is 24.7. The van der Waals surface area contributed by atoms with Crippen molar-refractivity contribution >= 4 is 29.3 Å². The Balaban J connectivity index is 2.05. The third-order valence-electron chi connectivity index (χ3n) is 5.60. The molecule has 0 radical (unpaired) electrons. The van der Waals surface area contributed by atoms with Crippen molar-refractivity contribution in [3.63, 3.8) is 0 Å². The maximum absolute atomic E-state index is 14.3. The van der Waals surface area contributed by atoms with E-state index < -0.39 is 57.7 Å². The first-order valence-corrected chi connectivity index (χ1v) is 10.5. The first-order chi connectivity index (χ1) is 15.3. The minimum atomic E-state index is -4.68. The Morgan fingerprint density at radius 3 is 2.52 bits per heavy atom. The number of benzene rings is 1. The molecular formula is C21H20F5N3O3S. The number of carbonyl (C=O) groups is 2. The first-order valence-electron chi connectivity index (χ1n) is 9.63. The number of aromatic nitrogens is 1. The van der Waals surface area contributed by atoms with Crippen LogP contribution in [0.4, 0.5) is 27.6 Å². The van der Waals surface area contributed by atoms with Gasteiger partial charge in [0.1, 0.15) is 10.4 Å². The highest BCUT2D eigenvalue weighted by Crippen LogP contribution is 2.59. The molecule has 0 spiro atoms. The minimum Gasteiger partial charge on any atom is -0.493 e. The fourth-order valence-corrected chi connectivity index (χ4v) is 5.34. The highest BCUT2D eigenvalue weighted by molar-refractivity contribution is 8.02. The summed E-state index contributed by atoms with van der Waals surface area (Å²) in [6.07, 6.45) is -4.02. The van der Waals surface area contributed by atoms with Crippen LogP contribution in [-0.4, -0.2) is 40.1 Å². The molecule has 2 heterocycles. The number of methoxy groups -OCH3 is 1. The number of pyridine rings is 1. The van der Waals surface area contributed by atoms with Crippen molar-refractivity contribution in [3.8, 4) is 5.75 Å². The van der Waals surface area contributed by atoms with Crippen LogP contribution in [0.1, 0.15) is 40.9 Å². The second kappa shape index (κ2) is 8.81. The largest absolute Gasteiger partial charge is 0.493 e. The number of hydrogen-bond acceptors (Lipinski definition) is 5. The highest BCUT2D eigenvalue weighted by atomic mass is 32.2. The van der Waals surface area contributed by atoms with Gasteiger partial charge in [0, 0.05) is 28.9 Å². The number of halogens is 5. The molecule has 3 rings (SSSR count). The summed E-state index contributed by atoms with van der Waals surface area (Å²) in [6, 6.07) is 3.27. The van der Waals surface area contributed by atoms with Gasteiger partial charge in [-0.3, -0.25) is 14.6 Å². The molecular weight excluding hydrogens is 469 g/mol. The van der Waals surface area contributed by atoms with E-state index in [-0.39, 0.29) is 22.5 Å². The van der Waals surface area contributed by atoms with Crippen molar-refractivity contribution in [2.45, 2.75) is 42.4 Å². The lowest BCUT2D eigenvalue weighted by atomic mass is 9.85. The number of primary amides is 1. The number of nitrogens with zero attached hydrogens (tertiary/aromatic N) is 1. The molecule has 3 atom stereocenters. The SMILES string of the molecule is COc1c([C@@H]2C[C@](C)(C(F)(F)F)S[C@H]2C(=O)Nc2ccnc(C(N)=O)c2C)ccc(F)c1F. The standard InChI is InChI=1S/C21H20F5N3O3S/c1-9-13(6-7-28-15(9)18(27)30)29-19(31)17-11(8-20(2,33-17)21(24,25)26)10-4-5-12(22)14(23)16(10)32-3/h4-7,11,17H,8H2,1-3H3,(H2,27,30)(H,28,29,31)/t11-,17+,20+/m0/s1. The van der Waals surface area contributed by atoms with Crippen molar-refractivity contribution in [1.29, 1.82) is 0 Å². The van der Waals surface area contributed by atoms with Crippen molar-refractivity contribution in [2.75, 3.05) is 12.4 Å². The van der Waals surface area contributed by atoms with Crippen LogP contribution in [0, 0.1) is 18.6 Å².